The number of nitro benzene ring substituents is 1. The summed E-state index contributed by atoms with van der Waals surface area (Å²) in [7, 11) is 0. The van der Waals surface area contributed by atoms with Gasteiger partial charge in [-0.05, 0) is 41.0 Å². The average molecular weight is 369 g/mol. The van der Waals surface area contributed by atoms with Crippen molar-refractivity contribution in [1.82, 2.24) is 0 Å². The van der Waals surface area contributed by atoms with Gasteiger partial charge in [0.25, 0.3) is 5.69 Å². The molecule has 0 saturated carbocycles. The van der Waals surface area contributed by atoms with Crippen LogP contribution in [0.4, 0.5) is 5.69 Å². The van der Waals surface area contributed by atoms with E-state index in [0.717, 1.165) is 16.7 Å². The monoisotopic (exact) mass is 369 g/mol. The predicted octanol–water partition coefficient (Wildman–Crippen LogP) is 5.24. The topological polar surface area (TPSA) is 69.4 Å². The summed E-state index contributed by atoms with van der Waals surface area (Å²) < 4.78 is 5.39. The van der Waals surface area contributed by atoms with Crippen molar-refractivity contribution < 1.29 is 14.5 Å². The largest absolute Gasteiger partial charge is 0.422 e. The van der Waals surface area contributed by atoms with Gasteiger partial charge in [-0.3, -0.25) is 10.1 Å². The van der Waals surface area contributed by atoms with Gasteiger partial charge in [0.2, 0.25) is 0 Å². The zero-order chi connectivity index (χ0) is 19.5. The van der Waals surface area contributed by atoms with Crippen molar-refractivity contribution in [1.29, 1.82) is 0 Å². The van der Waals surface area contributed by atoms with E-state index in [1.54, 1.807) is 24.3 Å². The summed E-state index contributed by atoms with van der Waals surface area (Å²) in [5, 5.41) is 10.7. The Bertz CT molecular complexity index is 1100. The van der Waals surface area contributed by atoms with Gasteiger partial charge in [0.15, 0.2) is 0 Å². The molecule has 0 fully saturated rings. The number of non-ortho nitro benzene ring substituents is 1. The lowest BCUT2D eigenvalue weighted by atomic mass is 10.0. The van der Waals surface area contributed by atoms with E-state index in [2.05, 4.69) is 0 Å². The van der Waals surface area contributed by atoms with Crippen LogP contribution in [0.25, 0.3) is 23.0 Å². The molecule has 28 heavy (non-hydrogen) atoms. The molecule has 4 rings (SSSR count). The van der Waals surface area contributed by atoms with Gasteiger partial charge >= 0.3 is 5.97 Å². The highest BCUT2D eigenvalue weighted by Gasteiger charge is 2.22. The Morgan fingerprint density at radius 3 is 2.04 bits per heavy atom. The molecule has 0 N–H and O–H groups in total. The molecule has 5 nitrogen and oxygen atoms in total. The van der Waals surface area contributed by atoms with Crippen LogP contribution in [0.1, 0.15) is 11.1 Å². The lowest BCUT2D eigenvalue weighted by Crippen LogP contribution is -1.97. The van der Waals surface area contributed by atoms with Crippen molar-refractivity contribution in [3.63, 3.8) is 0 Å². The summed E-state index contributed by atoms with van der Waals surface area (Å²) in [6, 6.07) is 23.8. The van der Waals surface area contributed by atoms with Crippen LogP contribution in [0.5, 0.6) is 0 Å². The number of carbonyl (C=O) groups excluding carboxylic acids is 1. The van der Waals surface area contributed by atoms with Crippen LogP contribution in [0.3, 0.4) is 0 Å². The Labute approximate surface area is 161 Å². The van der Waals surface area contributed by atoms with Gasteiger partial charge in [0.1, 0.15) is 5.76 Å². The molecule has 0 aromatic heterocycles. The molecule has 0 bridgehead atoms. The van der Waals surface area contributed by atoms with Gasteiger partial charge in [0, 0.05) is 17.7 Å². The molecule has 0 atom stereocenters. The number of hydrogen-bond acceptors (Lipinski definition) is 4. The number of nitro groups is 1. The normalized spacial score (nSPS) is 14.6. The molecule has 5 heteroatoms. The number of nitrogens with zero attached hydrogens (tertiary/aromatic N) is 1. The molecular formula is C23H15NO4. The van der Waals surface area contributed by atoms with Crippen LogP contribution >= 0.6 is 0 Å². The minimum absolute atomic E-state index is 0.00545. The minimum Gasteiger partial charge on any atom is -0.422 e. The smallest absolute Gasteiger partial charge is 0.343 e. The second kappa shape index (κ2) is 7.32. The first-order valence-electron chi connectivity index (χ1n) is 8.66. The van der Waals surface area contributed by atoms with Crippen molar-refractivity contribution in [3.8, 4) is 11.1 Å². The zero-order valence-electron chi connectivity index (χ0n) is 14.7. The molecule has 0 aliphatic carbocycles. The van der Waals surface area contributed by atoms with Crippen LogP contribution in [0, 0.1) is 10.1 Å². The fraction of sp³-hybridized carbons (Fsp3) is 0. The minimum atomic E-state index is -0.460. The van der Waals surface area contributed by atoms with Crippen LogP contribution in [-0.2, 0) is 9.53 Å². The van der Waals surface area contributed by atoms with E-state index >= 15 is 0 Å². The highest BCUT2D eigenvalue weighted by atomic mass is 16.6. The Balaban J connectivity index is 1.57. The Hall–Kier alpha value is -3.99. The third-order valence-electron chi connectivity index (χ3n) is 4.43. The first-order valence-corrected chi connectivity index (χ1v) is 8.66. The van der Waals surface area contributed by atoms with E-state index in [1.165, 1.54) is 12.1 Å². The maximum absolute atomic E-state index is 12.2. The van der Waals surface area contributed by atoms with Gasteiger partial charge in [-0.1, -0.05) is 54.6 Å². The Morgan fingerprint density at radius 2 is 1.39 bits per heavy atom. The van der Waals surface area contributed by atoms with Crippen LogP contribution < -0.4 is 0 Å². The summed E-state index contributed by atoms with van der Waals surface area (Å²) in [5.41, 5.74) is 4.10. The van der Waals surface area contributed by atoms with E-state index in [4.69, 9.17) is 4.74 Å². The van der Waals surface area contributed by atoms with Crippen molar-refractivity contribution in [2.75, 3.05) is 0 Å². The first kappa shape index (κ1) is 17.4. The van der Waals surface area contributed by atoms with Crippen LogP contribution in [0.2, 0.25) is 0 Å². The van der Waals surface area contributed by atoms with Gasteiger partial charge in [-0.2, -0.15) is 0 Å². The van der Waals surface area contributed by atoms with E-state index in [0.29, 0.717) is 16.9 Å². The van der Waals surface area contributed by atoms with Crippen molar-refractivity contribution in [2.24, 2.45) is 0 Å². The second-order valence-electron chi connectivity index (χ2n) is 6.29. The SMILES string of the molecule is O=C1OC(c2ccc(-c3ccccc3)cc2)=CC1=Cc1ccc([N+](=O)[O-])cc1. The summed E-state index contributed by atoms with van der Waals surface area (Å²) in [6.45, 7) is 0. The quantitative estimate of drug-likeness (QED) is 0.273. The molecule has 136 valence electrons. The molecule has 0 amide bonds. The molecule has 3 aromatic carbocycles. The highest BCUT2D eigenvalue weighted by molar-refractivity contribution is 6.05. The molecule has 1 heterocycles. The van der Waals surface area contributed by atoms with E-state index in [1.807, 2.05) is 54.6 Å². The van der Waals surface area contributed by atoms with E-state index in [9.17, 15) is 14.9 Å². The molecule has 0 unspecified atom stereocenters. The number of carbonyl (C=O) groups is 1. The predicted molar refractivity (Wildman–Crippen MR) is 107 cm³/mol. The number of ether oxygens (including phenoxy) is 1. The van der Waals surface area contributed by atoms with Crippen LogP contribution in [-0.4, -0.2) is 10.9 Å². The molecular weight excluding hydrogens is 354 g/mol. The number of esters is 1. The number of hydrogen-bond donors (Lipinski definition) is 0. The van der Waals surface area contributed by atoms with Gasteiger partial charge in [0.05, 0.1) is 10.5 Å². The molecule has 0 saturated heterocycles. The fourth-order valence-electron chi connectivity index (χ4n) is 2.96. The standard InChI is InChI=1S/C23H15NO4/c25-23-20(14-16-6-12-21(13-7-16)24(26)27)15-22(28-23)19-10-8-18(9-11-19)17-4-2-1-3-5-17/h1-15H. The summed E-state index contributed by atoms with van der Waals surface area (Å²) in [6.07, 6.45) is 3.33. The van der Waals surface area contributed by atoms with Gasteiger partial charge in [-0.25, -0.2) is 4.79 Å². The first-order chi connectivity index (χ1) is 13.6. The summed E-state index contributed by atoms with van der Waals surface area (Å²) >= 11 is 0. The third-order valence-corrected chi connectivity index (χ3v) is 4.43. The third kappa shape index (κ3) is 3.59. The number of benzene rings is 3. The fourth-order valence-corrected chi connectivity index (χ4v) is 2.96. The number of cyclic esters (lactones) is 1. The molecule has 3 aromatic rings. The van der Waals surface area contributed by atoms with Crippen molar-refractivity contribution in [3.05, 3.63) is 112 Å². The maximum atomic E-state index is 12.2. The zero-order valence-corrected chi connectivity index (χ0v) is 14.7. The van der Waals surface area contributed by atoms with Crippen LogP contribution in [0.15, 0.2) is 90.5 Å². The molecule has 0 spiro atoms. The maximum Gasteiger partial charge on any atom is 0.343 e. The lowest BCUT2D eigenvalue weighted by molar-refractivity contribution is -0.384. The second-order valence-corrected chi connectivity index (χ2v) is 6.29. The number of rotatable bonds is 4. The Morgan fingerprint density at radius 1 is 0.786 bits per heavy atom. The summed E-state index contributed by atoms with van der Waals surface area (Å²) in [5.74, 6) is 0.0401. The average Bonchev–Trinajstić information content (AvgIpc) is 3.09. The highest BCUT2D eigenvalue weighted by Crippen LogP contribution is 2.29. The Kier molecular flexibility index (Phi) is 4.56. The van der Waals surface area contributed by atoms with E-state index in [-0.39, 0.29) is 5.69 Å². The van der Waals surface area contributed by atoms with Crippen molar-refractivity contribution in [2.45, 2.75) is 0 Å². The lowest BCUT2D eigenvalue weighted by Gasteiger charge is -2.04. The molecule has 1 aliphatic rings. The summed E-state index contributed by atoms with van der Waals surface area (Å²) in [4.78, 5) is 22.4. The van der Waals surface area contributed by atoms with Gasteiger partial charge < -0.3 is 4.74 Å². The van der Waals surface area contributed by atoms with Crippen molar-refractivity contribution >= 4 is 23.5 Å². The van der Waals surface area contributed by atoms with Gasteiger partial charge in [-0.15, -0.1) is 0 Å². The molecule has 1 aliphatic heterocycles. The molecule has 0 radical (unpaired) electrons. The van der Waals surface area contributed by atoms with E-state index < -0.39 is 10.9 Å².